The molecule has 0 saturated carbocycles. The van der Waals surface area contributed by atoms with Crippen molar-refractivity contribution in [2.45, 2.75) is 33.4 Å². The van der Waals surface area contributed by atoms with Crippen molar-refractivity contribution in [3.63, 3.8) is 0 Å². The summed E-state index contributed by atoms with van der Waals surface area (Å²) in [5.41, 5.74) is 5.47. The first-order valence-corrected chi connectivity index (χ1v) is 8.97. The van der Waals surface area contributed by atoms with Crippen LogP contribution >= 0.6 is 12.2 Å². The van der Waals surface area contributed by atoms with Crippen molar-refractivity contribution in [1.29, 1.82) is 0 Å². The van der Waals surface area contributed by atoms with Crippen LogP contribution in [0.3, 0.4) is 0 Å². The molecule has 1 aromatic carbocycles. The highest BCUT2D eigenvalue weighted by atomic mass is 32.1. The molecule has 3 rings (SSSR count). The minimum atomic E-state index is 0.0753. The number of hydrogen-bond acceptors (Lipinski definition) is 3. The molecule has 0 saturated heterocycles. The predicted molar refractivity (Wildman–Crippen MR) is 108 cm³/mol. The Morgan fingerprint density at radius 2 is 1.92 bits per heavy atom. The van der Waals surface area contributed by atoms with Crippen LogP contribution in [0.25, 0.3) is 0 Å². The molecule has 2 aromatic heterocycles. The molecule has 1 atom stereocenters. The highest BCUT2D eigenvalue weighted by Crippen LogP contribution is 2.16. The molecular weight excluding hydrogens is 344 g/mol. The number of nitrogens with zero attached hydrogens (tertiary/aromatic N) is 4. The second kappa shape index (κ2) is 7.70. The molecule has 0 fully saturated rings. The summed E-state index contributed by atoms with van der Waals surface area (Å²) in [6.45, 7) is 6.88. The van der Waals surface area contributed by atoms with Crippen LogP contribution in [0.1, 0.15) is 35.3 Å². The Kier molecular flexibility index (Phi) is 5.37. The average Bonchev–Trinajstić information content (AvgIpc) is 3.15. The van der Waals surface area contributed by atoms with Gasteiger partial charge in [-0.25, -0.2) is 0 Å². The maximum Gasteiger partial charge on any atom is 0.171 e. The monoisotopic (exact) mass is 368 g/mol. The number of aryl methyl sites for hydroxylation is 3. The Labute approximate surface area is 159 Å². The van der Waals surface area contributed by atoms with Gasteiger partial charge in [0.05, 0.1) is 30.2 Å². The first kappa shape index (κ1) is 18.1. The Balaban J connectivity index is 1.57. The molecule has 2 N–H and O–H groups in total. The quantitative estimate of drug-likeness (QED) is 0.677. The molecule has 0 bridgehead atoms. The molecule has 0 aliphatic carbocycles. The van der Waals surface area contributed by atoms with Gasteiger partial charge in [0.15, 0.2) is 5.11 Å². The van der Waals surface area contributed by atoms with Crippen molar-refractivity contribution in [2.75, 3.05) is 5.32 Å². The molecule has 0 aliphatic rings. The van der Waals surface area contributed by atoms with Crippen LogP contribution < -0.4 is 10.6 Å². The van der Waals surface area contributed by atoms with E-state index in [4.69, 9.17) is 12.2 Å². The third-order valence-electron chi connectivity index (χ3n) is 4.22. The fourth-order valence-electron chi connectivity index (χ4n) is 2.88. The van der Waals surface area contributed by atoms with E-state index in [2.05, 4.69) is 58.9 Å². The van der Waals surface area contributed by atoms with E-state index in [-0.39, 0.29) is 6.04 Å². The van der Waals surface area contributed by atoms with E-state index in [0.717, 1.165) is 23.5 Å². The minimum Gasteiger partial charge on any atom is -0.356 e. The highest BCUT2D eigenvalue weighted by molar-refractivity contribution is 7.80. The summed E-state index contributed by atoms with van der Waals surface area (Å²) in [4.78, 5) is 0. The van der Waals surface area contributed by atoms with Gasteiger partial charge in [-0.05, 0) is 38.6 Å². The first-order valence-electron chi connectivity index (χ1n) is 8.56. The van der Waals surface area contributed by atoms with Crippen molar-refractivity contribution >= 4 is 23.0 Å². The van der Waals surface area contributed by atoms with Gasteiger partial charge in [0.25, 0.3) is 0 Å². The van der Waals surface area contributed by atoms with Gasteiger partial charge in [-0.3, -0.25) is 9.36 Å². The SMILES string of the molecule is Cc1ccc(Cn2cc(NC(=S)NC(C)c3cn(C)nc3C)cn2)cc1. The van der Waals surface area contributed by atoms with Gasteiger partial charge >= 0.3 is 0 Å². The molecular formula is C19H24N6S. The lowest BCUT2D eigenvalue weighted by Gasteiger charge is -2.15. The van der Waals surface area contributed by atoms with E-state index in [1.807, 2.05) is 35.7 Å². The summed E-state index contributed by atoms with van der Waals surface area (Å²) in [7, 11) is 1.92. The standard InChI is InChI=1S/C19H24N6S/c1-13-5-7-16(8-6-13)10-25-11-17(9-20-25)22-19(26)21-14(2)18-12-24(4)23-15(18)3/h5-9,11-12,14H,10H2,1-4H3,(H2,21,22,26). The van der Waals surface area contributed by atoms with E-state index in [1.54, 1.807) is 6.20 Å². The molecule has 0 amide bonds. The Morgan fingerprint density at radius 1 is 1.19 bits per heavy atom. The second-order valence-corrected chi connectivity index (χ2v) is 6.98. The molecule has 1 unspecified atom stereocenters. The van der Waals surface area contributed by atoms with Gasteiger partial charge in [0.1, 0.15) is 0 Å². The van der Waals surface area contributed by atoms with Gasteiger partial charge < -0.3 is 10.6 Å². The van der Waals surface area contributed by atoms with Crippen LogP contribution in [0.5, 0.6) is 0 Å². The smallest absolute Gasteiger partial charge is 0.171 e. The van der Waals surface area contributed by atoms with Crippen molar-refractivity contribution in [3.8, 4) is 0 Å². The number of nitrogens with one attached hydrogen (secondary N) is 2. The molecule has 26 heavy (non-hydrogen) atoms. The van der Waals surface area contributed by atoms with Gasteiger partial charge in [-0.1, -0.05) is 29.8 Å². The largest absolute Gasteiger partial charge is 0.356 e. The third-order valence-corrected chi connectivity index (χ3v) is 4.44. The highest BCUT2D eigenvalue weighted by Gasteiger charge is 2.13. The summed E-state index contributed by atoms with van der Waals surface area (Å²) < 4.78 is 3.71. The molecule has 3 aromatic rings. The lowest BCUT2D eigenvalue weighted by Crippen LogP contribution is -2.30. The van der Waals surface area contributed by atoms with E-state index >= 15 is 0 Å². The Morgan fingerprint density at radius 3 is 2.58 bits per heavy atom. The van der Waals surface area contributed by atoms with Gasteiger partial charge in [0, 0.05) is 25.0 Å². The number of benzene rings is 1. The topological polar surface area (TPSA) is 59.7 Å². The summed E-state index contributed by atoms with van der Waals surface area (Å²) in [5.74, 6) is 0. The van der Waals surface area contributed by atoms with E-state index in [1.165, 1.54) is 11.1 Å². The van der Waals surface area contributed by atoms with E-state index in [9.17, 15) is 0 Å². The predicted octanol–water partition coefficient (Wildman–Crippen LogP) is 3.33. The molecule has 7 heteroatoms. The Bertz CT molecular complexity index is 893. The number of anilines is 1. The molecule has 0 spiro atoms. The zero-order chi connectivity index (χ0) is 18.7. The zero-order valence-electron chi connectivity index (χ0n) is 15.5. The third kappa shape index (κ3) is 4.49. The molecule has 0 radical (unpaired) electrons. The normalized spacial score (nSPS) is 12.0. The van der Waals surface area contributed by atoms with Crippen molar-refractivity contribution < 1.29 is 0 Å². The van der Waals surface area contributed by atoms with Gasteiger partial charge in [0.2, 0.25) is 0 Å². The molecule has 0 aliphatic heterocycles. The van der Waals surface area contributed by atoms with Crippen molar-refractivity contribution in [2.24, 2.45) is 7.05 Å². The van der Waals surface area contributed by atoms with Crippen LogP contribution in [0.2, 0.25) is 0 Å². The Hall–Kier alpha value is -2.67. The first-order chi connectivity index (χ1) is 12.4. The minimum absolute atomic E-state index is 0.0753. The molecule has 2 heterocycles. The van der Waals surface area contributed by atoms with Crippen molar-refractivity contribution in [3.05, 3.63) is 65.2 Å². The second-order valence-electron chi connectivity index (χ2n) is 6.58. The fourth-order valence-corrected chi connectivity index (χ4v) is 3.17. The lowest BCUT2D eigenvalue weighted by molar-refractivity contribution is 0.687. The average molecular weight is 369 g/mol. The summed E-state index contributed by atoms with van der Waals surface area (Å²) in [6.07, 6.45) is 5.74. The molecule has 6 nitrogen and oxygen atoms in total. The van der Waals surface area contributed by atoms with Crippen LogP contribution in [0.15, 0.2) is 42.9 Å². The van der Waals surface area contributed by atoms with E-state index in [0.29, 0.717) is 5.11 Å². The van der Waals surface area contributed by atoms with Crippen LogP contribution in [-0.4, -0.2) is 24.7 Å². The van der Waals surface area contributed by atoms with Crippen LogP contribution in [0.4, 0.5) is 5.69 Å². The van der Waals surface area contributed by atoms with Crippen molar-refractivity contribution in [1.82, 2.24) is 24.9 Å². The van der Waals surface area contributed by atoms with Crippen LogP contribution in [-0.2, 0) is 13.6 Å². The number of hydrogen-bond donors (Lipinski definition) is 2. The number of aromatic nitrogens is 4. The van der Waals surface area contributed by atoms with E-state index < -0.39 is 0 Å². The molecule has 136 valence electrons. The van der Waals surface area contributed by atoms with Gasteiger partial charge in [-0.15, -0.1) is 0 Å². The lowest BCUT2D eigenvalue weighted by atomic mass is 10.1. The fraction of sp³-hybridized carbons (Fsp3) is 0.316. The summed E-state index contributed by atoms with van der Waals surface area (Å²) >= 11 is 5.43. The van der Waals surface area contributed by atoms with Gasteiger partial charge in [-0.2, -0.15) is 10.2 Å². The number of thiocarbonyl (C=S) groups is 1. The summed E-state index contributed by atoms with van der Waals surface area (Å²) in [5, 5.41) is 15.8. The zero-order valence-corrected chi connectivity index (χ0v) is 16.3. The maximum absolute atomic E-state index is 5.43. The van der Waals surface area contributed by atoms with Crippen LogP contribution in [0, 0.1) is 13.8 Å². The number of rotatable bonds is 5. The summed E-state index contributed by atoms with van der Waals surface area (Å²) in [6, 6.07) is 8.53. The maximum atomic E-state index is 5.43.